The number of carboxylic acid groups (broad SMARTS) is 1. The van der Waals surface area contributed by atoms with Gasteiger partial charge in [-0.3, -0.25) is 9.89 Å². The molecule has 1 aliphatic carbocycles. The number of hydrogen-bond acceptors (Lipinski definition) is 2. The third-order valence-electron chi connectivity index (χ3n) is 2.62. The van der Waals surface area contributed by atoms with E-state index >= 15 is 0 Å². The molecule has 2 unspecified atom stereocenters. The quantitative estimate of drug-likeness (QED) is 0.681. The Morgan fingerprint density at radius 2 is 2.54 bits per heavy atom. The zero-order valence-electron chi connectivity index (χ0n) is 7.45. The molecule has 0 saturated heterocycles. The number of aromatic amines is 1. The second-order valence-corrected chi connectivity index (χ2v) is 3.74. The lowest BCUT2D eigenvalue weighted by atomic mass is 9.81. The second kappa shape index (κ2) is 2.87. The molecular weight excluding hydrogens is 168 g/mol. The Kier molecular flexibility index (Phi) is 1.83. The van der Waals surface area contributed by atoms with Crippen LogP contribution in [-0.2, 0) is 11.2 Å². The van der Waals surface area contributed by atoms with Crippen molar-refractivity contribution in [3.63, 3.8) is 0 Å². The number of hydrogen-bond donors (Lipinski definition) is 2. The van der Waals surface area contributed by atoms with E-state index in [1.54, 1.807) is 6.20 Å². The Morgan fingerprint density at radius 1 is 1.77 bits per heavy atom. The summed E-state index contributed by atoms with van der Waals surface area (Å²) in [4.78, 5) is 10.9. The Balaban J connectivity index is 2.38. The van der Waals surface area contributed by atoms with Crippen LogP contribution >= 0.6 is 0 Å². The number of nitrogens with zero attached hydrogens (tertiary/aromatic N) is 1. The van der Waals surface area contributed by atoms with Crippen molar-refractivity contribution in [2.75, 3.05) is 0 Å². The smallest absolute Gasteiger partial charge is 0.311 e. The van der Waals surface area contributed by atoms with Gasteiger partial charge in [-0.25, -0.2) is 0 Å². The lowest BCUT2D eigenvalue weighted by Crippen LogP contribution is -2.21. The topological polar surface area (TPSA) is 66.0 Å². The largest absolute Gasteiger partial charge is 0.481 e. The van der Waals surface area contributed by atoms with Crippen molar-refractivity contribution in [1.29, 1.82) is 0 Å². The second-order valence-electron chi connectivity index (χ2n) is 3.74. The van der Waals surface area contributed by atoms with E-state index in [0.29, 0.717) is 5.92 Å². The maximum absolute atomic E-state index is 10.9. The van der Waals surface area contributed by atoms with Crippen molar-refractivity contribution < 1.29 is 9.90 Å². The van der Waals surface area contributed by atoms with Crippen molar-refractivity contribution >= 4 is 5.97 Å². The van der Waals surface area contributed by atoms with Gasteiger partial charge in [0.2, 0.25) is 0 Å². The molecule has 4 heteroatoms. The first-order valence-electron chi connectivity index (χ1n) is 4.43. The predicted molar refractivity (Wildman–Crippen MR) is 46.4 cm³/mol. The van der Waals surface area contributed by atoms with Gasteiger partial charge in [0.25, 0.3) is 0 Å². The molecule has 1 aromatic heterocycles. The fraction of sp³-hybridized carbons (Fsp3) is 0.556. The molecule has 13 heavy (non-hydrogen) atoms. The summed E-state index contributed by atoms with van der Waals surface area (Å²) in [6.07, 6.45) is 3.28. The van der Waals surface area contributed by atoms with Gasteiger partial charge < -0.3 is 5.11 Å². The SMILES string of the molecule is CC1Cc2[nH]ncc2C(C(=O)O)C1. The van der Waals surface area contributed by atoms with E-state index in [2.05, 4.69) is 17.1 Å². The van der Waals surface area contributed by atoms with Gasteiger partial charge >= 0.3 is 5.97 Å². The molecule has 1 heterocycles. The highest BCUT2D eigenvalue weighted by Crippen LogP contribution is 2.33. The molecule has 1 aliphatic rings. The standard InChI is InChI=1S/C9H12N2O2/c1-5-2-6(9(12)13)7-4-10-11-8(7)3-5/h4-6H,2-3H2,1H3,(H,10,11)(H,12,13). The van der Waals surface area contributed by atoms with E-state index in [1.807, 2.05) is 0 Å². The maximum atomic E-state index is 10.9. The van der Waals surface area contributed by atoms with E-state index in [-0.39, 0.29) is 5.92 Å². The zero-order valence-corrected chi connectivity index (χ0v) is 7.45. The summed E-state index contributed by atoms with van der Waals surface area (Å²) in [6, 6.07) is 0. The van der Waals surface area contributed by atoms with Crippen molar-refractivity contribution in [2.45, 2.75) is 25.7 Å². The van der Waals surface area contributed by atoms with Crippen LogP contribution in [0.3, 0.4) is 0 Å². The molecule has 70 valence electrons. The summed E-state index contributed by atoms with van der Waals surface area (Å²) in [7, 11) is 0. The first kappa shape index (κ1) is 8.29. The molecule has 2 atom stereocenters. The molecule has 0 radical (unpaired) electrons. The molecule has 0 aromatic carbocycles. The number of fused-ring (bicyclic) bond motifs is 1. The van der Waals surface area contributed by atoms with Crippen LogP contribution < -0.4 is 0 Å². The van der Waals surface area contributed by atoms with Crippen LogP contribution in [0, 0.1) is 5.92 Å². The number of carbonyl (C=O) groups is 1. The van der Waals surface area contributed by atoms with E-state index in [4.69, 9.17) is 5.11 Å². The van der Waals surface area contributed by atoms with Crippen molar-refractivity contribution in [2.24, 2.45) is 5.92 Å². The van der Waals surface area contributed by atoms with Gasteiger partial charge in [0.05, 0.1) is 12.1 Å². The van der Waals surface area contributed by atoms with Crippen molar-refractivity contribution in [3.8, 4) is 0 Å². The Hall–Kier alpha value is -1.32. The molecule has 2 rings (SSSR count). The highest BCUT2D eigenvalue weighted by molar-refractivity contribution is 5.76. The number of carboxylic acids is 1. The maximum Gasteiger partial charge on any atom is 0.311 e. The van der Waals surface area contributed by atoms with Gasteiger partial charge in [-0.15, -0.1) is 0 Å². The normalized spacial score (nSPS) is 26.8. The third-order valence-corrected chi connectivity index (χ3v) is 2.62. The first-order chi connectivity index (χ1) is 6.18. The number of aliphatic carboxylic acids is 1. The lowest BCUT2D eigenvalue weighted by Gasteiger charge is -2.23. The van der Waals surface area contributed by atoms with Crippen LogP contribution in [0.15, 0.2) is 6.20 Å². The van der Waals surface area contributed by atoms with E-state index in [0.717, 1.165) is 24.1 Å². The molecular formula is C9H12N2O2. The number of aromatic nitrogens is 2. The minimum absolute atomic E-state index is 0.363. The first-order valence-corrected chi connectivity index (χ1v) is 4.43. The average molecular weight is 180 g/mol. The fourth-order valence-corrected chi connectivity index (χ4v) is 1.98. The number of H-pyrrole nitrogens is 1. The summed E-state index contributed by atoms with van der Waals surface area (Å²) in [5, 5.41) is 15.7. The van der Waals surface area contributed by atoms with Gasteiger partial charge in [0.15, 0.2) is 0 Å². The van der Waals surface area contributed by atoms with E-state index < -0.39 is 5.97 Å². The Morgan fingerprint density at radius 3 is 3.23 bits per heavy atom. The number of rotatable bonds is 1. The Bertz CT molecular complexity index is 332. The summed E-state index contributed by atoms with van der Waals surface area (Å²) in [5.41, 5.74) is 1.86. The average Bonchev–Trinajstić information content (AvgIpc) is 2.49. The molecule has 1 aromatic rings. The van der Waals surface area contributed by atoms with Crippen molar-refractivity contribution in [1.82, 2.24) is 10.2 Å². The van der Waals surface area contributed by atoms with Gasteiger partial charge in [-0.1, -0.05) is 6.92 Å². The van der Waals surface area contributed by atoms with Crippen LogP contribution in [0.25, 0.3) is 0 Å². The van der Waals surface area contributed by atoms with Crippen LogP contribution in [-0.4, -0.2) is 21.3 Å². The molecule has 2 N–H and O–H groups in total. The van der Waals surface area contributed by atoms with E-state index in [9.17, 15) is 4.79 Å². The van der Waals surface area contributed by atoms with Gasteiger partial charge in [0.1, 0.15) is 0 Å². The van der Waals surface area contributed by atoms with Crippen LogP contribution in [0.5, 0.6) is 0 Å². The van der Waals surface area contributed by atoms with E-state index in [1.165, 1.54) is 0 Å². The number of nitrogens with one attached hydrogen (secondary N) is 1. The molecule has 0 aliphatic heterocycles. The molecule has 0 fully saturated rings. The molecule has 0 bridgehead atoms. The van der Waals surface area contributed by atoms with Gasteiger partial charge in [-0.2, -0.15) is 5.10 Å². The van der Waals surface area contributed by atoms with Crippen LogP contribution in [0.4, 0.5) is 0 Å². The minimum atomic E-state index is -0.741. The summed E-state index contributed by atoms with van der Waals surface area (Å²) in [5.74, 6) is -0.680. The molecule has 4 nitrogen and oxygen atoms in total. The predicted octanol–water partition coefficient (Wildman–Crippen LogP) is 1.16. The molecule has 0 spiro atoms. The minimum Gasteiger partial charge on any atom is -0.481 e. The third kappa shape index (κ3) is 1.32. The lowest BCUT2D eigenvalue weighted by molar-refractivity contribution is -0.139. The highest BCUT2D eigenvalue weighted by Gasteiger charge is 2.30. The summed E-state index contributed by atoms with van der Waals surface area (Å²) >= 11 is 0. The summed E-state index contributed by atoms with van der Waals surface area (Å²) < 4.78 is 0. The monoisotopic (exact) mass is 180 g/mol. The highest BCUT2D eigenvalue weighted by atomic mass is 16.4. The zero-order chi connectivity index (χ0) is 9.42. The summed E-state index contributed by atoms with van der Waals surface area (Å²) in [6.45, 7) is 2.07. The van der Waals surface area contributed by atoms with Crippen LogP contribution in [0.2, 0.25) is 0 Å². The van der Waals surface area contributed by atoms with Crippen molar-refractivity contribution in [3.05, 3.63) is 17.5 Å². The van der Waals surface area contributed by atoms with Crippen LogP contribution in [0.1, 0.15) is 30.5 Å². The molecule has 0 saturated carbocycles. The molecule has 0 amide bonds. The Labute approximate surface area is 76.0 Å². The fourth-order valence-electron chi connectivity index (χ4n) is 1.98. The van der Waals surface area contributed by atoms with Gasteiger partial charge in [0, 0.05) is 11.3 Å². The van der Waals surface area contributed by atoms with Gasteiger partial charge in [-0.05, 0) is 18.8 Å².